The first-order valence-electron chi connectivity index (χ1n) is 9.34. The molecule has 4 nitrogen and oxygen atoms in total. The van der Waals surface area contributed by atoms with Crippen LogP contribution in [-0.4, -0.2) is 17.5 Å². The van der Waals surface area contributed by atoms with Crippen LogP contribution in [0.5, 0.6) is 5.75 Å². The minimum absolute atomic E-state index is 0.0924. The van der Waals surface area contributed by atoms with Gasteiger partial charge in [-0.3, -0.25) is 14.4 Å². The summed E-state index contributed by atoms with van der Waals surface area (Å²) in [6, 6.07) is 24.3. The molecule has 4 heteroatoms. The molecule has 0 aromatic heterocycles. The predicted molar refractivity (Wildman–Crippen MR) is 109 cm³/mol. The molecule has 0 saturated heterocycles. The lowest BCUT2D eigenvalue weighted by Gasteiger charge is -2.23. The third-order valence-corrected chi connectivity index (χ3v) is 4.94. The Labute approximate surface area is 168 Å². The highest BCUT2D eigenvalue weighted by Gasteiger charge is 2.29. The first kappa shape index (κ1) is 18.6. The number of benzene rings is 3. The molecule has 29 heavy (non-hydrogen) atoms. The van der Waals surface area contributed by atoms with Crippen molar-refractivity contribution in [2.75, 3.05) is 0 Å². The number of hydrogen-bond acceptors (Lipinski definition) is 4. The molecule has 1 heterocycles. The van der Waals surface area contributed by atoms with Crippen LogP contribution in [0.15, 0.2) is 91.0 Å². The Hall–Kier alpha value is -3.79. The summed E-state index contributed by atoms with van der Waals surface area (Å²) in [5, 5.41) is 0. The maximum absolute atomic E-state index is 11.9. The van der Waals surface area contributed by atoms with Crippen molar-refractivity contribution in [2.24, 2.45) is 0 Å². The standard InChI is InChI=1S/C15H12O2.C10H6O2/c16-15-13(11-6-2-1-3-7-11)10-12-8-4-5-9-14(12)17-15;11-9-5-6-10(12)8-4-2-1-3-7(8)9/h1-9,13H,10H2;1-6H. The van der Waals surface area contributed by atoms with E-state index in [0.717, 1.165) is 17.5 Å². The van der Waals surface area contributed by atoms with Crippen molar-refractivity contribution in [2.45, 2.75) is 12.3 Å². The van der Waals surface area contributed by atoms with Crippen LogP contribution in [0.4, 0.5) is 0 Å². The van der Waals surface area contributed by atoms with Crippen LogP contribution in [0.25, 0.3) is 0 Å². The second-order valence-corrected chi connectivity index (χ2v) is 6.80. The van der Waals surface area contributed by atoms with Crippen molar-refractivity contribution in [1.82, 2.24) is 0 Å². The summed E-state index contributed by atoms with van der Waals surface area (Å²) in [6.45, 7) is 0. The van der Waals surface area contributed by atoms with Gasteiger partial charge in [0, 0.05) is 11.1 Å². The van der Waals surface area contributed by atoms with E-state index in [-0.39, 0.29) is 23.5 Å². The zero-order valence-corrected chi connectivity index (χ0v) is 15.6. The van der Waals surface area contributed by atoms with Gasteiger partial charge in [-0.15, -0.1) is 0 Å². The van der Waals surface area contributed by atoms with E-state index in [1.165, 1.54) is 12.2 Å². The number of ketones is 2. The molecule has 1 aliphatic heterocycles. The molecule has 3 aromatic carbocycles. The van der Waals surface area contributed by atoms with Gasteiger partial charge < -0.3 is 4.74 Å². The SMILES string of the molecule is O=C1C=CC(=O)c2ccccc21.O=C1Oc2ccccc2CC1c1ccccc1. The van der Waals surface area contributed by atoms with Gasteiger partial charge >= 0.3 is 5.97 Å². The van der Waals surface area contributed by atoms with Gasteiger partial charge in [-0.25, -0.2) is 0 Å². The van der Waals surface area contributed by atoms with E-state index >= 15 is 0 Å². The summed E-state index contributed by atoms with van der Waals surface area (Å²) in [5.74, 6) is 0.182. The molecule has 0 saturated carbocycles. The van der Waals surface area contributed by atoms with Gasteiger partial charge in [-0.05, 0) is 35.8 Å². The van der Waals surface area contributed by atoms with Gasteiger partial charge in [-0.1, -0.05) is 72.8 Å². The van der Waals surface area contributed by atoms with Gasteiger partial charge in [0.25, 0.3) is 0 Å². The monoisotopic (exact) mass is 382 g/mol. The van der Waals surface area contributed by atoms with Crippen molar-refractivity contribution in [3.63, 3.8) is 0 Å². The number of para-hydroxylation sites is 1. The zero-order valence-electron chi connectivity index (χ0n) is 15.6. The van der Waals surface area contributed by atoms with E-state index in [0.29, 0.717) is 16.9 Å². The Morgan fingerprint density at radius 2 is 1.21 bits per heavy atom. The Bertz CT molecular complexity index is 1080. The van der Waals surface area contributed by atoms with Gasteiger partial charge in [0.1, 0.15) is 5.75 Å². The van der Waals surface area contributed by atoms with Crippen molar-refractivity contribution < 1.29 is 19.1 Å². The fraction of sp³-hybridized carbons (Fsp3) is 0.0800. The first-order chi connectivity index (χ1) is 14.1. The molecule has 1 unspecified atom stereocenters. The van der Waals surface area contributed by atoms with E-state index in [4.69, 9.17) is 4.74 Å². The van der Waals surface area contributed by atoms with E-state index < -0.39 is 0 Å². The summed E-state index contributed by atoms with van der Waals surface area (Å²) >= 11 is 0. The van der Waals surface area contributed by atoms with Crippen molar-refractivity contribution in [3.8, 4) is 5.75 Å². The van der Waals surface area contributed by atoms with E-state index in [1.807, 2.05) is 54.6 Å². The number of fused-ring (bicyclic) bond motifs is 2. The maximum Gasteiger partial charge on any atom is 0.319 e. The molecule has 0 radical (unpaired) electrons. The minimum Gasteiger partial charge on any atom is -0.426 e. The molecule has 3 aromatic rings. The van der Waals surface area contributed by atoms with Gasteiger partial charge in [0.2, 0.25) is 0 Å². The number of esters is 1. The lowest BCUT2D eigenvalue weighted by atomic mass is 9.90. The number of hydrogen-bond donors (Lipinski definition) is 0. The van der Waals surface area contributed by atoms with Crippen LogP contribution < -0.4 is 4.74 Å². The normalized spacial score (nSPS) is 16.8. The van der Waals surface area contributed by atoms with Crippen LogP contribution in [0.3, 0.4) is 0 Å². The Morgan fingerprint density at radius 1 is 0.655 bits per heavy atom. The summed E-state index contributed by atoms with van der Waals surface area (Å²) in [5.41, 5.74) is 3.13. The third kappa shape index (κ3) is 3.92. The predicted octanol–water partition coefficient (Wildman–Crippen LogP) is 4.55. The Morgan fingerprint density at radius 3 is 1.86 bits per heavy atom. The molecular formula is C25H18O4. The van der Waals surface area contributed by atoms with Crippen molar-refractivity contribution in [3.05, 3.63) is 113 Å². The van der Waals surface area contributed by atoms with Crippen molar-refractivity contribution in [1.29, 1.82) is 0 Å². The quantitative estimate of drug-likeness (QED) is 0.457. The van der Waals surface area contributed by atoms with Crippen LogP contribution in [-0.2, 0) is 11.2 Å². The second kappa shape index (κ2) is 8.07. The fourth-order valence-electron chi connectivity index (χ4n) is 3.44. The maximum atomic E-state index is 11.9. The smallest absolute Gasteiger partial charge is 0.319 e. The Kier molecular flexibility index (Phi) is 5.16. The minimum atomic E-state index is -0.175. The number of allylic oxidation sites excluding steroid dienone is 2. The van der Waals surface area contributed by atoms with Gasteiger partial charge in [0.15, 0.2) is 11.6 Å². The van der Waals surface area contributed by atoms with E-state index in [9.17, 15) is 14.4 Å². The van der Waals surface area contributed by atoms with Crippen LogP contribution in [0.1, 0.15) is 37.8 Å². The van der Waals surface area contributed by atoms with Crippen LogP contribution >= 0.6 is 0 Å². The average Bonchev–Trinajstić information content (AvgIpc) is 2.77. The average molecular weight is 382 g/mol. The molecule has 0 bridgehead atoms. The Balaban J connectivity index is 0.000000150. The third-order valence-electron chi connectivity index (χ3n) is 4.94. The van der Waals surface area contributed by atoms with E-state index in [2.05, 4.69) is 0 Å². The number of rotatable bonds is 1. The fourth-order valence-corrected chi connectivity index (χ4v) is 3.44. The topological polar surface area (TPSA) is 60.4 Å². The number of carbonyl (C=O) groups excluding carboxylic acids is 3. The molecule has 5 rings (SSSR count). The summed E-state index contributed by atoms with van der Waals surface area (Å²) < 4.78 is 5.36. The van der Waals surface area contributed by atoms with Crippen LogP contribution in [0, 0.1) is 0 Å². The second-order valence-electron chi connectivity index (χ2n) is 6.80. The molecule has 1 aliphatic carbocycles. The molecule has 1 atom stereocenters. The molecular weight excluding hydrogens is 364 g/mol. The molecule has 2 aliphatic rings. The molecule has 142 valence electrons. The zero-order chi connectivity index (χ0) is 20.2. The molecule has 0 fully saturated rings. The molecule has 0 amide bonds. The van der Waals surface area contributed by atoms with Gasteiger partial charge in [0.05, 0.1) is 5.92 Å². The highest BCUT2D eigenvalue weighted by molar-refractivity contribution is 6.21. The highest BCUT2D eigenvalue weighted by Crippen LogP contribution is 2.32. The largest absolute Gasteiger partial charge is 0.426 e. The van der Waals surface area contributed by atoms with E-state index in [1.54, 1.807) is 24.3 Å². The lowest BCUT2D eigenvalue weighted by Crippen LogP contribution is -2.25. The number of ether oxygens (including phenoxy) is 1. The number of carbonyl (C=O) groups is 3. The molecule has 0 N–H and O–H groups in total. The van der Waals surface area contributed by atoms with Gasteiger partial charge in [-0.2, -0.15) is 0 Å². The molecule has 0 spiro atoms. The van der Waals surface area contributed by atoms with Crippen LogP contribution in [0.2, 0.25) is 0 Å². The highest BCUT2D eigenvalue weighted by atomic mass is 16.5. The summed E-state index contributed by atoms with van der Waals surface area (Å²) in [6.07, 6.45) is 3.34. The summed E-state index contributed by atoms with van der Waals surface area (Å²) in [4.78, 5) is 34.3. The lowest BCUT2D eigenvalue weighted by molar-refractivity contribution is -0.137. The summed E-state index contributed by atoms with van der Waals surface area (Å²) in [7, 11) is 0. The van der Waals surface area contributed by atoms with Crippen molar-refractivity contribution >= 4 is 17.5 Å². The first-order valence-corrected chi connectivity index (χ1v) is 9.34.